The maximum atomic E-state index is 12.8. The average molecular weight is 325 g/mol. The van der Waals surface area contributed by atoms with Crippen LogP contribution in [0.1, 0.15) is 52.4 Å². The van der Waals surface area contributed by atoms with Crippen molar-refractivity contribution < 1.29 is 8.42 Å². The van der Waals surface area contributed by atoms with E-state index in [0.29, 0.717) is 38.0 Å². The minimum Gasteiger partial charge on any atom is -0.195 e. The molecule has 0 radical (unpaired) electrons. The van der Waals surface area contributed by atoms with Gasteiger partial charge in [-0.25, -0.2) is 0 Å². The molecule has 1 rings (SSSR count). The van der Waals surface area contributed by atoms with E-state index in [4.69, 9.17) is 11.6 Å². The van der Waals surface area contributed by atoms with E-state index in [2.05, 4.69) is 13.8 Å². The second-order valence-corrected chi connectivity index (χ2v) is 7.87. The van der Waals surface area contributed by atoms with E-state index in [1.54, 1.807) is 8.61 Å². The second-order valence-electron chi connectivity index (χ2n) is 5.63. The molecule has 1 fully saturated rings. The van der Waals surface area contributed by atoms with E-state index >= 15 is 0 Å². The van der Waals surface area contributed by atoms with Crippen molar-refractivity contribution in [2.24, 2.45) is 5.92 Å². The highest BCUT2D eigenvalue weighted by Gasteiger charge is 2.32. The molecule has 1 heterocycles. The second kappa shape index (κ2) is 9.23. The van der Waals surface area contributed by atoms with Gasteiger partial charge in [-0.3, -0.25) is 0 Å². The van der Waals surface area contributed by atoms with Gasteiger partial charge in [0.1, 0.15) is 0 Å². The van der Waals surface area contributed by atoms with Gasteiger partial charge >= 0.3 is 0 Å². The van der Waals surface area contributed by atoms with Crippen molar-refractivity contribution >= 4 is 21.8 Å². The third-order valence-electron chi connectivity index (χ3n) is 3.87. The Morgan fingerprint density at radius 1 is 1.20 bits per heavy atom. The van der Waals surface area contributed by atoms with Gasteiger partial charge in [-0.15, -0.1) is 11.6 Å². The van der Waals surface area contributed by atoms with E-state index in [0.717, 1.165) is 38.5 Å². The monoisotopic (exact) mass is 324 g/mol. The molecule has 0 aromatic heterocycles. The third kappa shape index (κ3) is 5.17. The van der Waals surface area contributed by atoms with E-state index < -0.39 is 10.2 Å². The van der Waals surface area contributed by atoms with Gasteiger partial charge in [0.2, 0.25) is 0 Å². The van der Waals surface area contributed by atoms with Gasteiger partial charge in [0, 0.05) is 32.1 Å². The van der Waals surface area contributed by atoms with Crippen LogP contribution in [-0.2, 0) is 10.2 Å². The Labute approximate surface area is 129 Å². The highest BCUT2D eigenvalue weighted by atomic mass is 35.5. The fourth-order valence-corrected chi connectivity index (χ4v) is 4.59. The predicted molar refractivity (Wildman–Crippen MR) is 85.3 cm³/mol. The Morgan fingerprint density at radius 2 is 1.80 bits per heavy atom. The van der Waals surface area contributed by atoms with Crippen LogP contribution in [0.3, 0.4) is 0 Å². The summed E-state index contributed by atoms with van der Waals surface area (Å²) in [6, 6.07) is 0. The number of hydrogen-bond acceptors (Lipinski definition) is 2. The molecule has 0 aliphatic carbocycles. The molecule has 1 saturated heterocycles. The van der Waals surface area contributed by atoms with E-state index in [9.17, 15) is 8.42 Å². The zero-order valence-corrected chi connectivity index (χ0v) is 14.4. The predicted octanol–water partition coefficient (Wildman–Crippen LogP) is 3.08. The molecule has 0 aromatic carbocycles. The van der Waals surface area contributed by atoms with Crippen LogP contribution in [0.25, 0.3) is 0 Å². The standard InChI is InChI=1S/C14H29ClN2O2S/c1-3-5-9-16(10-6-4-2)20(18,19)17-11-7-8-14(12-15)13-17/h14H,3-13H2,1-2H3. The minimum atomic E-state index is -3.30. The molecule has 20 heavy (non-hydrogen) atoms. The largest absolute Gasteiger partial charge is 0.281 e. The van der Waals surface area contributed by atoms with Gasteiger partial charge in [0.15, 0.2) is 0 Å². The Bertz CT molecular complexity index is 354. The first-order valence-electron chi connectivity index (χ1n) is 7.87. The minimum absolute atomic E-state index is 0.305. The molecule has 1 atom stereocenters. The number of halogens is 1. The highest BCUT2D eigenvalue weighted by molar-refractivity contribution is 7.86. The van der Waals surface area contributed by atoms with E-state index in [1.165, 1.54) is 0 Å². The Kier molecular flexibility index (Phi) is 8.41. The first-order chi connectivity index (χ1) is 9.56. The Balaban J connectivity index is 2.73. The lowest BCUT2D eigenvalue weighted by molar-refractivity contribution is 0.257. The summed E-state index contributed by atoms with van der Waals surface area (Å²) in [5.41, 5.74) is 0. The molecular weight excluding hydrogens is 296 g/mol. The molecule has 4 nitrogen and oxygen atoms in total. The van der Waals surface area contributed by atoms with Crippen molar-refractivity contribution in [2.75, 3.05) is 32.1 Å². The number of piperidine rings is 1. The first kappa shape index (κ1) is 18.2. The van der Waals surface area contributed by atoms with Crippen LogP contribution in [0, 0.1) is 5.92 Å². The van der Waals surface area contributed by atoms with Crippen molar-refractivity contribution in [2.45, 2.75) is 52.4 Å². The van der Waals surface area contributed by atoms with Crippen molar-refractivity contribution in [3.05, 3.63) is 0 Å². The van der Waals surface area contributed by atoms with Crippen LogP contribution in [0.5, 0.6) is 0 Å². The zero-order chi connectivity index (χ0) is 15.0. The van der Waals surface area contributed by atoms with Crippen LogP contribution in [-0.4, -0.2) is 49.1 Å². The maximum Gasteiger partial charge on any atom is 0.281 e. The van der Waals surface area contributed by atoms with Crippen LogP contribution in [0.4, 0.5) is 0 Å². The summed E-state index contributed by atoms with van der Waals surface area (Å²) in [5, 5.41) is 0. The summed E-state index contributed by atoms with van der Waals surface area (Å²) in [4.78, 5) is 0. The highest BCUT2D eigenvalue weighted by Crippen LogP contribution is 2.22. The smallest absolute Gasteiger partial charge is 0.195 e. The van der Waals surface area contributed by atoms with Gasteiger partial charge in [0.05, 0.1) is 0 Å². The molecule has 0 amide bonds. The average Bonchev–Trinajstić information content (AvgIpc) is 2.47. The lowest BCUT2D eigenvalue weighted by Crippen LogP contribution is -2.48. The van der Waals surface area contributed by atoms with Gasteiger partial charge in [-0.1, -0.05) is 26.7 Å². The molecule has 0 spiro atoms. The summed E-state index contributed by atoms with van der Waals surface area (Å²) in [7, 11) is -3.30. The quantitative estimate of drug-likeness (QED) is 0.611. The lowest BCUT2D eigenvalue weighted by atomic mass is 10.0. The van der Waals surface area contributed by atoms with Gasteiger partial charge in [0.25, 0.3) is 10.2 Å². The number of nitrogens with zero attached hydrogens (tertiary/aromatic N) is 2. The zero-order valence-electron chi connectivity index (χ0n) is 12.9. The molecule has 1 aliphatic heterocycles. The van der Waals surface area contributed by atoms with Crippen molar-refractivity contribution in [1.29, 1.82) is 0 Å². The summed E-state index contributed by atoms with van der Waals surface area (Å²) < 4.78 is 28.9. The summed E-state index contributed by atoms with van der Waals surface area (Å²) in [5.74, 6) is 0.857. The van der Waals surface area contributed by atoms with Crippen molar-refractivity contribution in [3.8, 4) is 0 Å². The van der Waals surface area contributed by atoms with Crippen LogP contribution >= 0.6 is 11.6 Å². The van der Waals surface area contributed by atoms with Crippen LogP contribution in [0.2, 0.25) is 0 Å². The van der Waals surface area contributed by atoms with Crippen LogP contribution < -0.4 is 0 Å². The number of hydrogen-bond donors (Lipinski definition) is 0. The summed E-state index contributed by atoms with van der Waals surface area (Å²) >= 11 is 5.91. The molecule has 1 aliphatic rings. The normalized spacial score (nSPS) is 21.5. The molecule has 0 N–H and O–H groups in total. The fourth-order valence-electron chi connectivity index (χ4n) is 2.54. The van der Waals surface area contributed by atoms with Gasteiger partial charge in [-0.2, -0.15) is 17.0 Å². The molecule has 0 aromatic rings. The maximum absolute atomic E-state index is 12.8. The van der Waals surface area contributed by atoms with Crippen LogP contribution in [0.15, 0.2) is 0 Å². The molecule has 0 saturated carbocycles. The van der Waals surface area contributed by atoms with E-state index in [-0.39, 0.29) is 0 Å². The topological polar surface area (TPSA) is 40.6 Å². The van der Waals surface area contributed by atoms with Crippen molar-refractivity contribution in [3.63, 3.8) is 0 Å². The number of unbranched alkanes of at least 4 members (excludes halogenated alkanes) is 2. The Hall–Kier alpha value is 0.160. The molecule has 120 valence electrons. The third-order valence-corrected chi connectivity index (χ3v) is 6.31. The number of rotatable bonds is 9. The lowest BCUT2D eigenvalue weighted by Gasteiger charge is -2.35. The summed E-state index contributed by atoms with van der Waals surface area (Å²) in [6.07, 6.45) is 5.85. The molecule has 1 unspecified atom stereocenters. The van der Waals surface area contributed by atoms with Gasteiger partial charge < -0.3 is 0 Å². The molecule has 6 heteroatoms. The number of alkyl halides is 1. The van der Waals surface area contributed by atoms with Crippen molar-refractivity contribution in [1.82, 2.24) is 8.61 Å². The SMILES string of the molecule is CCCCN(CCCC)S(=O)(=O)N1CCCC(CCl)C1. The fraction of sp³-hybridized carbons (Fsp3) is 1.00. The molecule has 0 bridgehead atoms. The van der Waals surface area contributed by atoms with Gasteiger partial charge in [-0.05, 0) is 31.6 Å². The first-order valence-corrected chi connectivity index (χ1v) is 9.80. The summed E-state index contributed by atoms with van der Waals surface area (Å²) in [6.45, 7) is 6.69. The Morgan fingerprint density at radius 3 is 2.30 bits per heavy atom. The molecular formula is C14H29ClN2O2S. The van der Waals surface area contributed by atoms with E-state index in [1.807, 2.05) is 0 Å².